The van der Waals surface area contributed by atoms with Crippen LogP contribution in [-0.4, -0.2) is 49.0 Å². The predicted octanol–water partition coefficient (Wildman–Crippen LogP) is 2.50. The zero-order valence-corrected chi connectivity index (χ0v) is 13.9. The van der Waals surface area contributed by atoms with E-state index in [0.717, 1.165) is 30.8 Å². The van der Waals surface area contributed by atoms with Gasteiger partial charge in [0, 0.05) is 25.1 Å². The van der Waals surface area contributed by atoms with Crippen LogP contribution in [0.1, 0.15) is 11.1 Å². The summed E-state index contributed by atoms with van der Waals surface area (Å²) in [5, 5.41) is 9.52. The van der Waals surface area contributed by atoms with Crippen molar-refractivity contribution < 1.29 is 14.6 Å². The van der Waals surface area contributed by atoms with Crippen molar-refractivity contribution in [3.63, 3.8) is 0 Å². The highest BCUT2D eigenvalue weighted by atomic mass is 16.5. The number of rotatable bonds is 7. The number of morpholine rings is 1. The molecular weight excluding hydrogens is 302 g/mol. The Morgan fingerprint density at radius 2 is 1.88 bits per heavy atom. The van der Waals surface area contributed by atoms with Crippen LogP contribution in [0.15, 0.2) is 54.6 Å². The maximum absolute atomic E-state index is 9.52. The second-order valence-electron chi connectivity index (χ2n) is 6.07. The van der Waals surface area contributed by atoms with Gasteiger partial charge in [-0.3, -0.25) is 4.90 Å². The molecule has 2 aromatic carbocycles. The van der Waals surface area contributed by atoms with E-state index >= 15 is 0 Å². The van der Waals surface area contributed by atoms with Crippen LogP contribution in [0.25, 0.3) is 0 Å². The molecule has 0 saturated carbocycles. The number of ether oxygens (including phenoxy) is 2. The van der Waals surface area contributed by atoms with Gasteiger partial charge in [-0.05, 0) is 11.6 Å². The molecule has 0 spiro atoms. The zero-order chi connectivity index (χ0) is 16.6. The molecule has 0 bridgehead atoms. The molecule has 1 heterocycles. The average molecular weight is 327 g/mol. The first kappa shape index (κ1) is 17.0. The molecule has 1 fully saturated rings. The molecule has 1 aliphatic rings. The molecule has 128 valence electrons. The number of hydrogen-bond acceptors (Lipinski definition) is 4. The first-order chi connectivity index (χ1) is 11.9. The minimum Gasteiger partial charge on any atom is -0.493 e. The highest BCUT2D eigenvalue weighted by Gasteiger charge is 2.23. The molecular formula is C20H25NO3. The number of hydrogen-bond donors (Lipinski definition) is 1. The van der Waals surface area contributed by atoms with Crippen molar-refractivity contribution in [3.8, 4) is 5.75 Å². The number of para-hydroxylation sites is 1. The van der Waals surface area contributed by atoms with E-state index < -0.39 is 0 Å². The van der Waals surface area contributed by atoms with E-state index in [0.29, 0.717) is 19.8 Å². The molecule has 1 saturated heterocycles. The Morgan fingerprint density at radius 1 is 1.08 bits per heavy atom. The topological polar surface area (TPSA) is 41.9 Å². The van der Waals surface area contributed by atoms with Crippen molar-refractivity contribution in [2.45, 2.75) is 19.0 Å². The van der Waals surface area contributed by atoms with Crippen molar-refractivity contribution >= 4 is 0 Å². The van der Waals surface area contributed by atoms with Gasteiger partial charge >= 0.3 is 0 Å². The fourth-order valence-electron chi connectivity index (χ4n) is 2.98. The van der Waals surface area contributed by atoms with Gasteiger partial charge in [0.1, 0.15) is 5.75 Å². The molecule has 0 aromatic heterocycles. The predicted molar refractivity (Wildman–Crippen MR) is 94.2 cm³/mol. The van der Waals surface area contributed by atoms with Gasteiger partial charge in [-0.1, -0.05) is 48.5 Å². The van der Waals surface area contributed by atoms with Crippen LogP contribution in [0.2, 0.25) is 0 Å². The Labute approximate surface area is 143 Å². The molecule has 4 heteroatoms. The first-order valence-corrected chi connectivity index (χ1v) is 8.54. The largest absolute Gasteiger partial charge is 0.493 e. The standard InChI is InChI=1S/C20H25NO3/c22-15-19-16-23-13-11-21(19)14-18-8-4-5-9-20(18)24-12-10-17-6-2-1-3-7-17/h1-9,19,22H,10-16H2. The summed E-state index contributed by atoms with van der Waals surface area (Å²) in [4.78, 5) is 2.27. The number of nitrogens with zero attached hydrogens (tertiary/aromatic N) is 1. The van der Waals surface area contributed by atoms with Gasteiger partial charge in [0.05, 0.1) is 32.5 Å². The molecule has 2 aromatic rings. The van der Waals surface area contributed by atoms with Crippen molar-refractivity contribution in [3.05, 3.63) is 65.7 Å². The fourth-order valence-corrected chi connectivity index (χ4v) is 2.98. The van der Waals surface area contributed by atoms with E-state index in [1.54, 1.807) is 0 Å². The molecule has 0 radical (unpaired) electrons. The van der Waals surface area contributed by atoms with Gasteiger partial charge in [0.25, 0.3) is 0 Å². The van der Waals surface area contributed by atoms with Crippen LogP contribution < -0.4 is 4.74 Å². The number of aliphatic hydroxyl groups is 1. The lowest BCUT2D eigenvalue weighted by atomic mass is 10.1. The normalized spacial score (nSPS) is 18.5. The quantitative estimate of drug-likeness (QED) is 0.848. The first-order valence-electron chi connectivity index (χ1n) is 8.54. The molecule has 3 rings (SSSR count). The van der Waals surface area contributed by atoms with Gasteiger partial charge in [-0.2, -0.15) is 0 Å². The molecule has 0 amide bonds. The maximum Gasteiger partial charge on any atom is 0.123 e. The smallest absolute Gasteiger partial charge is 0.123 e. The Morgan fingerprint density at radius 3 is 2.71 bits per heavy atom. The molecule has 1 N–H and O–H groups in total. The minimum absolute atomic E-state index is 0.0659. The van der Waals surface area contributed by atoms with Crippen LogP contribution >= 0.6 is 0 Å². The van der Waals surface area contributed by atoms with E-state index in [-0.39, 0.29) is 12.6 Å². The Bertz CT molecular complexity index is 617. The third-order valence-corrected chi connectivity index (χ3v) is 4.40. The second kappa shape index (κ2) is 8.83. The third kappa shape index (κ3) is 4.57. The van der Waals surface area contributed by atoms with Gasteiger partial charge in [-0.15, -0.1) is 0 Å². The van der Waals surface area contributed by atoms with Crippen LogP contribution in [0.3, 0.4) is 0 Å². The van der Waals surface area contributed by atoms with Gasteiger partial charge < -0.3 is 14.6 Å². The molecule has 24 heavy (non-hydrogen) atoms. The van der Waals surface area contributed by atoms with Gasteiger partial charge in [0.15, 0.2) is 0 Å². The summed E-state index contributed by atoms with van der Waals surface area (Å²) < 4.78 is 11.5. The van der Waals surface area contributed by atoms with E-state index in [2.05, 4.69) is 35.2 Å². The van der Waals surface area contributed by atoms with Crippen molar-refractivity contribution in [2.75, 3.05) is 33.0 Å². The Balaban J connectivity index is 1.60. The van der Waals surface area contributed by atoms with Gasteiger partial charge in [0.2, 0.25) is 0 Å². The van der Waals surface area contributed by atoms with Crippen LogP contribution in [0.4, 0.5) is 0 Å². The molecule has 1 unspecified atom stereocenters. The van der Waals surface area contributed by atoms with Crippen LogP contribution in [0, 0.1) is 0 Å². The van der Waals surface area contributed by atoms with E-state index in [1.165, 1.54) is 5.56 Å². The summed E-state index contributed by atoms with van der Waals surface area (Å²) >= 11 is 0. The van der Waals surface area contributed by atoms with E-state index in [9.17, 15) is 5.11 Å². The third-order valence-electron chi connectivity index (χ3n) is 4.40. The molecule has 4 nitrogen and oxygen atoms in total. The van der Waals surface area contributed by atoms with Crippen molar-refractivity contribution in [1.29, 1.82) is 0 Å². The Kier molecular flexibility index (Phi) is 6.24. The molecule has 0 aliphatic carbocycles. The van der Waals surface area contributed by atoms with Crippen LogP contribution in [0.5, 0.6) is 5.75 Å². The summed E-state index contributed by atoms with van der Waals surface area (Å²) in [6.07, 6.45) is 0.895. The average Bonchev–Trinajstić information content (AvgIpc) is 2.64. The lowest BCUT2D eigenvalue weighted by Gasteiger charge is -2.34. The van der Waals surface area contributed by atoms with Gasteiger partial charge in [-0.25, -0.2) is 0 Å². The summed E-state index contributed by atoms with van der Waals surface area (Å²) in [7, 11) is 0. The van der Waals surface area contributed by atoms with E-state index in [4.69, 9.17) is 9.47 Å². The summed E-state index contributed by atoms with van der Waals surface area (Å²) in [6, 6.07) is 18.6. The number of aliphatic hydroxyl groups excluding tert-OH is 1. The summed E-state index contributed by atoms with van der Waals surface area (Å²) in [5.74, 6) is 0.927. The lowest BCUT2D eigenvalue weighted by Crippen LogP contribution is -2.46. The van der Waals surface area contributed by atoms with Crippen molar-refractivity contribution in [2.24, 2.45) is 0 Å². The zero-order valence-electron chi connectivity index (χ0n) is 13.9. The SMILES string of the molecule is OCC1COCCN1Cc1ccccc1OCCc1ccccc1. The van der Waals surface area contributed by atoms with Crippen LogP contribution in [-0.2, 0) is 17.7 Å². The Hall–Kier alpha value is -1.88. The fraction of sp³-hybridized carbons (Fsp3) is 0.400. The minimum atomic E-state index is 0.0659. The molecule has 1 atom stereocenters. The molecule has 1 aliphatic heterocycles. The number of benzene rings is 2. The lowest BCUT2D eigenvalue weighted by molar-refractivity contribution is -0.0315. The van der Waals surface area contributed by atoms with E-state index in [1.807, 2.05) is 24.3 Å². The summed E-state index contributed by atoms with van der Waals surface area (Å²) in [5.41, 5.74) is 2.44. The monoisotopic (exact) mass is 327 g/mol. The van der Waals surface area contributed by atoms with Crippen molar-refractivity contribution in [1.82, 2.24) is 4.90 Å². The maximum atomic E-state index is 9.52. The highest BCUT2D eigenvalue weighted by molar-refractivity contribution is 5.33. The summed E-state index contributed by atoms with van der Waals surface area (Å²) in [6.45, 7) is 3.70. The highest BCUT2D eigenvalue weighted by Crippen LogP contribution is 2.22. The second-order valence-corrected chi connectivity index (χ2v) is 6.07.